The summed E-state index contributed by atoms with van der Waals surface area (Å²) in [5, 5.41) is 1.92. The molecule has 2 aliphatic rings. The van der Waals surface area contributed by atoms with Gasteiger partial charge in [0, 0.05) is 72.0 Å². The van der Waals surface area contributed by atoms with E-state index < -0.39 is 0 Å². The van der Waals surface area contributed by atoms with Crippen molar-refractivity contribution in [2.75, 3.05) is 58.9 Å². The van der Waals surface area contributed by atoms with Crippen LogP contribution in [-0.2, 0) is 32.7 Å². The first-order chi connectivity index (χ1) is 8.78. The van der Waals surface area contributed by atoms with E-state index in [0.29, 0.717) is 0 Å². The zero-order valence-corrected chi connectivity index (χ0v) is 14.7. The minimum Gasteiger partial charge on any atom is -0.612 e. The molecule has 2 saturated heterocycles. The van der Waals surface area contributed by atoms with Gasteiger partial charge in [0.1, 0.15) is 0 Å². The van der Waals surface area contributed by atoms with Crippen molar-refractivity contribution in [3.05, 3.63) is 5.84 Å². The Morgan fingerprint density at radius 3 is 2.21 bits per heavy atom. The molecule has 0 aliphatic carbocycles. The topological polar surface area (TPSA) is 71.6 Å². The Balaban J connectivity index is 0.00000180. The molecule has 6 nitrogen and oxygen atoms in total. The second-order valence-electron chi connectivity index (χ2n) is 5.55. The molecule has 2 aliphatic heterocycles. The summed E-state index contributed by atoms with van der Waals surface area (Å²) in [6.07, 6.45) is 2.61. The first-order valence-electron chi connectivity index (χ1n) is 7.12. The molecule has 2 fully saturated rings. The van der Waals surface area contributed by atoms with Gasteiger partial charge >= 0.3 is 0 Å². The Bertz CT molecular complexity index is 226. The third-order valence-electron chi connectivity index (χ3n) is 4.18. The maximum absolute atomic E-state index is 6.95. The van der Waals surface area contributed by atoms with Crippen LogP contribution in [0.3, 0.4) is 0 Å². The van der Waals surface area contributed by atoms with E-state index in [0.717, 1.165) is 45.2 Å². The molecule has 0 atom stereocenters. The molecule has 1 radical (unpaired) electrons. The predicted molar refractivity (Wildman–Crippen MR) is 73.7 cm³/mol. The van der Waals surface area contributed by atoms with Crippen LogP contribution >= 0.6 is 0 Å². The average Bonchev–Trinajstić information content (AvgIpc) is 2.41. The Morgan fingerprint density at radius 1 is 1.00 bits per heavy atom. The van der Waals surface area contributed by atoms with E-state index in [1.54, 1.807) is 0 Å². The number of hydrogen-bond acceptors (Lipinski definition) is 5. The molecule has 109 valence electrons. The van der Waals surface area contributed by atoms with Gasteiger partial charge in [-0.05, 0) is 38.4 Å². The molecule has 2 heterocycles. The summed E-state index contributed by atoms with van der Waals surface area (Å²) >= 11 is 0. The minimum absolute atomic E-state index is 0. The van der Waals surface area contributed by atoms with Gasteiger partial charge in [-0.3, -0.25) is 5.84 Å². The fraction of sp³-hybridized carbons (Fsp3) is 1.00. The Labute approximate surface area is 142 Å². The maximum atomic E-state index is 6.95. The van der Waals surface area contributed by atoms with Crippen molar-refractivity contribution in [1.29, 1.82) is 0 Å². The minimum atomic E-state index is 0. The summed E-state index contributed by atoms with van der Waals surface area (Å²) in [6.45, 7) is 9.71. The van der Waals surface area contributed by atoms with Gasteiger partial charge in [-0.1, -0.05) is 0 Å². The molecule has 0 aromatic carbocycles. The smallest absolute Gasteiger partial charge is 0.0257 e. The van der Waals surface area contributed by atoms with E-state index in [2.05, 4.69) is 15.2 Å². The molecule has 0 amide bonds. The molecule has 0 spiro atoms. The molecule has 7 heteroatoms. The summed E-state index contributed by atoms with van der Waals surface area (Å²) in [5.41, 5.74) is 2.48. The van der Waals surface area contributed by atoms with E-state index in [4.69, 9.17) is 11.7 Å². The van der Waals surface area contributed by atoms with Gasteiger partial charge in [0.15, 0.2) is 0 Å². The van der Waals surface area contributed by atoms with E-state index in [9.17, 15) is 0 Å². The van der Waals surface area contributed by atoms with E-state index in [1.165, 1.54) is 32.5 Å². The molecular formula is C12H27N6Y-. The number of piperazine rings is 1. The Morgan fingerprint density at radius 2 is 1.63 bits per heavy atom. The number of rotatable bonds is 5. The second kappa shape index (κ2) is 9.74. The number of nitrogens with two attached hydrogens (primary N) is 1. The van der Waals surface area contributed by atoms with Crippen LogP contribution in [0, 0.1) is 5.92 Å². The fourth-order valence-corrected chi connectivity index (χ4v) is 2.92. The largest absolute Gasteiger partial charge is 0.612 e. The molecular weight excluding hydrogens is 317 g/mol. The standard InChI is InChI=1S/C12H27N6.Y/c13-15-3-6-16-4-1-12(2-5-16)11-17-7-9-18(14)10-8-17;/h12-13,15H,1-11,14H2;/q-1;. The Hall–Kier alpha value is 0.864. The average molecular weight is 344 g/mol. The predicted octanol–water partition coefficient (Wildman–Crippen LogP) is -0.256. The monoisotopic (exact) mass is 344 g/mol. The molecule has 0 aromatic heterocycles. The molecule has 19 heavy (non-hydrogen) atoms. The third kappa shape index (κ3) is 6.44. The van der Waals surface area contributed by atoms with Crippen LogP contribution in [0.2, 0.25) is 0 Å². The molecule has 2 rings (SSSR count). The van der Waals surface area contributed by atoms with Crippen LogP contribution in [0.25, 0.3) is 5.84 Å². The van der Waals surface area contributed by atoms with Crippen molar-refractivity contribution < 1.29 is 32.7 Å². The van der Waals surface area contributed by atoms with Crippen molar-refractivity contribution in [1.82, 2.24) is 20.2 Å². The van der Waals surface area contributed by atoms with Crippen LogP contribution in [-0.4, -0.2) is 73.7 Å². The molecule has 0 aromatic rings. The fourth-order valence-electron chi connectivity index (χ4n) is 2.92. The van der Waals surface area contributed by atoms with Crippen molar-refractivity contribution in [3.63, 3.8) is 0 Å². The number of piperidine rings is 1. The zero-order chi connectivity index (χ0) is 12.8. The van der Waals surface area contributed by atoms with Crippen LogP contribution in [0.15, 0.2) is 0 Å². The Kier molecular flexibility index (Phi) is 9.18. The van der Waals surface area contributed by atoms with Crippen LogP contribution in [0.1, 0.15) is 12.8 Å². The van der Waals surface area contributed by atoms with Gasteiger partial charge < -0.3 is 21.1 Å². The number of hydrazine groups is 1. The van der Waals surface area contributed by atoms with Crippen molar-refractivity contribution >= 4 is 0 Å². The molecule has 0 bridgehead atoms. The first-order valence-corrected chi connectivity index (χ1v) is 7.12. The summed E-state index contributed by atoms with van der Waals surface area (Å²) in [4.78, 5) is 5.03. The number of nitrogens with zero attached hydrogens (tertiary/aromatic N) is 3. The van der Waals surface area contributed by atoms with Gasteiger partial charge in [0.05, 0.1) is 0 Å². The van der Waals surface area contributed by atoms with E-state index in [-0.39, 0.29) is 32.7 Å². The van der Waals surface area contributed by atoms with Gasteiger partial charge in [-0.25, -0.2) is 5.01 Å². The number of hydrogen-bond donors (Lipinski definition) is 2. The van der Waals surface area contributed by atoms with Gasteiger partial charge in [0.2, 0.25) is 0 Å². The second-order valence-corrected chi connectivity index (χ2v) is 5.55. The zero-order valence-electron chi connectivity index (χ0n) is 11.9. The van der Waals surface area contributed by atoms with Crippen molar-refractivity contribution in [3.8, 4) is 0 Å². The van der Waals surface area contributed by atoms with Gasteiger partial charge in [-0.15, -0.1) is 0 Å². The summed E-state index contributed by atoms with van der Waals surface area (Å²) in [6, 6.07) is 0. The van der Waals surface area contributed by atoms with Gasteiger partial charge in [0.25, 0.3) is 0 Å². The maximum Gasteiger partial charge on any atom is 0.0257 e. The van der Waals surface area contributed by atoms with E-state index in [1.807, 2.05) is 5.01 Å². The summed E-state index contributed by atoms with van der Waals surface area (Å²) in [7, 11) is 0. The van der Waals surface area contributed by atoms with Gasteiger partial charge in [-0.2, -0.15) is 0 Å². The van der Waals surface area contributed by atoms with Crippen molar-refractivity contribution in [2.24, 2.45) is 11.8 Å². The third-order valence-corrected chi connectivity index (χ3v) is 4.18. The van der Waals surface area contributed by atoms with Crippen molar-refractivity contribution in [2.45, 2.75) is 12.8 Å². The summed E-state index contributed by atoms with van der Waals surface area (Å²) in [5.74, 6) is 13.6. The SMILES string of the molecule is [NH-]NCCN1CCC(CN2CCN(N)CC2)CC1.[Y]. The van der Waals surface area contributed by atoms with Crippen LogP contribution < -0.4 is 11.3 Å². The molecule has 4 N–H and O–H groups in total. The number of nitrogens with one attached hydrogen (secondary N) is 2. The quantitative estimate of drug-likeness (QED) is 0.531. The van der Waals surface area contributed by atoms with Crippen LogP contribution in [0.5, 0.6) is 0 Å². The van der Waals surface area contributed by atoms with Crippen LogP contribution in [0.4, 0.5) is 0 Å². The first kappa shape index (κ1) is 17.9. The molecule has 0 unspecified atom stereocenters. The molecule has 0 saturated carbocycles. The number of likely N-dealkylation sites (tertiary alicyclic amines) is 1. The summed E-state index contributed by atoms with van der Waals surface area (Å²) < 4.78 is 0. The van der Waals surface area contributed by atoms with E-state index >= 15 is 0 Å². The normalized spacial score (nSPS) is 24.3.